The number of benzene rings is 1. The minimum Gasteiger partial charge on any atom is -0.491 e. The zero-order valence-electron chi connectivity index (χ0n) is 11.4. The van der Waals surface area contributed by atoms with Gasteiger partial charge in [0.2, 0.25) is 5.91 Å². The predicted octanol–water partition coefficient (Wildman–Crippen LogP) is 2.98. The molecule has 1 heterocycles. The second-order valence-corrected chi connectivity index (χ2v) is 4.77. The van der Waals surface area contributed by atoms with Crippen LogP contribution in [0.25, 0.3) is 0 Å². The molecule has 0 saturated carbocycles. The van der Waals surface area contributed by atoms with E-state index in [0.717, 1.165) is 37.3 Å². The zero-order valence-corrected chi connectivity index (χ0v) is 11.4. The molecule has 1 aromatic rings. The third-order valence-corrected chi connectivity index (χ3v) is 3.05. The van der Waals surface area contributed by atoms with Gasteiger partial charge >= 0.3 is 0 Å². The topological polar surface area (TPSA) is 47.6 Å². The molecule has 4 heteroatoms. The van der Waals surface area contributed by atoms with Crippen molar-refractivity contribution in [1.29, 1.82) is 0 Å². The first kappa shape index (κ1) is 13.9. The van der Waals surface area contributed by atoms with E-state index in [1.54, 1.807) is 0 Å². The van der Waals surface area contributed by atoms with Crippen LogP contribution in [0.1, 0.15) is 32.6 Å². The molecular weight excluding hydrogens is 242 g/mol. The van der Waals surface area contributed by atoms with Crippen molar-refractivity contribution < 1.29 is 14.3 Å². The van der Waals surface area contributed by atoms with E-state index in [9.17, 15) is 4.79 Å². The maximum atomic E-state index is 11.5. The van der Waals surface area contributed by atoms with Crippen LogP contribution in [0, 0.1) is 0 Å². The van der Waals surface area contributed by atoms with E-state index >= 15 is 0 Å². The van der Waals surface area contributed by atoms with Gasteiger partial charge in [0.25, 0.3) is 0 Å². The summed E-state index contributed by atoms with van der Waals surface area (Å²) >= 11 is 0. The molecule has 1 amide bonds. The summed E-state index contributed by atoms with van der Waals surface area (Å²) in [6.07, 6.45) is 3.77. The molecule has 1 aliphatic heterocycles. The molecule has 1 aromatic carbocycles. The minimum atomic E-state index is 0.0405. The van der Waals surface area contributed by atoms with E-state index in [-0.39, 0.29) is 12.0 Å². The van der Waals surface area contributed by atoms with Gasteiger partial charge < -0.3 is 14.8 Å². The van der Waals surface area contributed by atoms with Crippen molar-refractivity contribution in [3.8, 4) is 5.75 Å². The largest absolute Gasteiger partial charge is 0.491 e. The number of rotatable bonds is 6. The Labute approximate surface area is 114 Å². The molecule has 2 rings (SSSR count). The number of carbonyl (C=O) groups excluding carboxylic acids is 1. The van der Waals surface area contributed by atoms with Crippen LogP contribution in [0.4, 0.5) is 5.69 Å². The fourth-order valence-corrected chi connectivity index (χ4v) is 2.08. The van der Waals surface area contributed by atoms with Crippen molar-refractivity contribution in [3.05, 3.63) is 24.3 Å². The van der Waals surface area contributed by atoms with Gasteiger partial charge in [-0.05, 0) is 31.4 Å². The van der Waals surface area contributed by atoms with Crippen molar-refractivity contribution in [2.45, 2.75) is 38.7 Å². The van der Waals surface area contributed by atoms with Gasteiger partial charge in [0.1, 0.15) is 12.4 Å². The van der Waals surface area contributed by atoms with Crippen molar-refractivity contribution >= 4 is 11.6 Å². The molecule has 104 valence electrons. The molecule has 0 spiro atoms. The molecule has 1 unspecified atom stereocenters. The van der Waals surface area contributed by atoms with E-state index in [1.165, 1.54) is 0 Å². The number of nitrogens with one attached hydrogen (secondary N) is 1. The summed E-state index contributed by atoms with van der Waals surface area (Å²) in [5, 5.41) is 2.86. The Hall–Kier alpha value is -1.55. The van der Waals surface area contributed by atoms with Gasteiger partial charge in [-0.3, -0.25) is 4.79 Å². The average molecular weight is 263 g/mol. The quantitative estimate of drug-likeness (QED) is 0.858. The molecule has 1 aliphatic rings. The highest BCUT2D eigenvalue weighted by Gasteiger charge is 2.15. The summed E-state index contributed by atoms with van der Waals surface area (Å²) in [6.45, 7) is 3.40. The smallest absolute Gasteiger partial charge is 0.224 e. The molecule has 1 saturated heterocycles. The Balaban J connectivity index is 1.85. The summed E-state index contributed by atoms with van der Waals surface area (Å²) in [5.74, 6) is 0.809. The molecule has 19 heavy (non-hydrogen) atoms. The first-order valence-electron chi connectivity index (χ1n) is 6.92. The van der Waals surface area contributed by atoms with Gasteiger partial charge in [0, 0.05) is 24.8 Å². The molecular formula is C15H21NO3. The summed E-state index contributed by atoms with van der Waals surface area (Å²) < 4.78 is 11.2. The lowest BCUT2D eigenvalue weighted by Gasteiger charge is -2.12. The molecule has 0 bridgehead atoms. The van der Waals surface area contributed by atoms with Crippen molar-refractivity contribution in [1.82, 2.24) is 0 Å². The van der Waals surface area contributed by atoms with Crippen LogP contribution in [0.3, 0.4) is 0 Å². The summed E-state index contributed by atoms with van der Waals surface area (Å²) in [4.78, 5) is 11.5. The van der Waals surface area contributed by atoms with Crippen LogP contribution >= 0.6 is 0 Å². The number of ether oxygens (including phenoxy) is 2. The maximum Gasteiger partial charge on any atom is 0.224 e. The number of amides is 1. The zero-order chi connectivity index (χ0) is 13.5. The van der Waals surface area contributed by atoms with E-state index in [1.807, 2.05) is 31.2 Å². The van der Waals surface area contributed by atoms with Gasteiger partial charge in [-0.2, -0.15) is 0 Å². The van der Waals surface area contributed by atoms with Crippen LogP contribution in [0.2, 0.25) is 0 Å². The Bertz CT molecular complexity index is 414. The maximum absolute atomic E-state index is 11.5. The van der Waals surface area contributed by atoms with Gasteiger partial charge in [0.05, 0.1) is 6.10 Å². The fraction of sp³-hybridized carbons (Fsp3) is 0.533. The summed E-state index contributed by atoms with van der Waals surface area (Å²) in [6, 6.07) is 7.49. The van der Waals surface area contributed by atoms with Gasteiger partial charge in [-0.1, -0.05) is 13.0 Å². The van der Waals surface area contributed by atoms with E-state index in [4.69, 9.17) is 9.47 Å². The highest BCUT2D eigenvalue weighted by Crippen LogP contribution is 2.19. The Morgan fingerprint density at radius 3 is 3.16 bits per heavy atom. The average Bonchev–Trinajstić information content (AvgIpc) is 2.90. The number of hydrogen-bond acceptors (Lipinski definition) is 3. The third-order valence-electron chi connectivity index (χ3n) is 3.05. The van der Waals surface area contributed by atoms with Crippen LogP contribution in [-0.2, 0) is 9.53 Å². The first-order valence-corrected chi connectivity index (χ1v) is 6.92. The van der Waals surface area contributed by atoms with Crippen LogP contribution in [0.5, 0.6) is 5.75 Å². The summed E-state index contributed by atoms with van der Waals surface area (Å²) in [5.41, 5.74) is 0.781. The van der Waals surface area contributed by atoms with Crippen molar-refractivity contribution in [2.75, 3.05) is 18.5 Å². The van der Waals surface area contributed by atoms with Crippen LogP contribution in [0.15, 0.2) is 24.3 Å². The molecule has 1 fully saturated rings. The lowest BCUT2D eigenvalue weighted by atomic mass is 10.2. The normalized spacial score (nSPS) is 18.3. The second-order valence-electron chi connectivity index (χ2n) is 4.77. The van der Waals surface area contributed by atoms with Crippen LogP contribution in [-0.4, -0.2) is 25.2 Å². The van der Waals surface area contributed by atoms with Gasteiger partial charge in [-0.25, -0.2) is 0 Å². The molecule has 1 N–H and O–H groups in total. The van der Waals surface area contributed by atoms with Crippen molar-refractivity contribution in [2.24, 2.45) is 0 Å². The second kappa shape index (κ2) is 7.14. The Kier molecular flexibility index (Phi) is 5.21. The Morgan fingerprint density at radius 1 is 1.53 bits per heavy atom. The Morgan fingerprint density at radius 2 is 2.42 bits per heavy atom. The minimum absolute atomic E-state index is 0.0405. The van der Waals surface area contributed by atoms with Gasteiger partial charge in [-0.15, -0.1) is 0 Å². The molecule has 0 aliphatic carbocycles. The first-order chi connectivity index (χ1) is 9.28. The fourth-order valence-electron chi connectivity index (χ4n) is 2.08. The molecule has 0 aromatic heterocycles. The molecule has 4 nitrogen and oxygen atoms in total. The van der Waals surface area contributed by atoms with Crippen molar-refractivity contribution in [3.63, 3.8) is 0 Å². The van der Waals surface area contributed by atoms with E-state index < -0.39 is 0 Å². The lowest BCUT2D eigenvalue weighted by molar-refractivity contribution is -0.116. The highest BCUT2D eigenvalue weighted by atomic mass is 16.5. The SMILES string of the molecule is CCCC(=O)Nc1cccc(OCC2CCCO2)c1. The standard InChI is InChI=1S/C15H21NO3/c1-2-5-15(17)16-12-6-3-7-13(10-12)19-11-14-8-4-9-18-14/h3,6-7,10,14H,2,4-5,8-9,11H2,1H3,(H,16,17). The number of hydrogen-bond donors (Lipinski definition) is 1. The lowest BCUT2D eigenvalue weighted by Crippen LogP contribution is -2.16. The number of carbonyl (C=O) groups is 1. The summed E-state index contributed by atoms with van der Waals surface area (Å²) in [7, 11) is 0. The van der Waals surface area contributed by atoms with Gasteiger partial charge in [0.15, 0.2) is 0 Å². The molecule has 1 atom stereocenters. The number of anilines is 1. The highest BCUT2D eigenvalue weighted by molar-refractivity contribution is 5.90. The predicted molar refractivity (Wildman–Crippen MR) is 74.4 cm³/mol. The van der Waals surface area contributed by atoms with E-state index in [2.05, 4.69) is 5.32 Å². The third kappa shape index (κ3) is 4.56. The molecule has 0 radical (unpaired) electrons. The van der Waals surface area contributed by atoms with E-state index in [0.29, 0.717) is 13.0 Å². The monoisotopic (exact) mass is 263 g/mol. The van der Waals surface area contributed by atoms with Crippen LogP contribution < -0.4 is 10.1 Å².